The molecule has 1 fully saturated rings. The minimum absolute atomic E-state index is 0.0865. The molecule has 1 amide bonds. The van der Waals surface area contributed by atoms with Crippen molar-refractivity contribution in [2.75, 3.05) is 0 Å². The summed E-state index contributed by atoms with van der Waals surface area (Å²) in [5.74, 6) is -2.52. The lowest BCUT2D eigenvalue weighted by atomic mass is 10.1. The maximum Gasteiger partial charge on any atom is 0.431 e. The van der Waals surface area contributed by atoms with Crippen LogP contribution in [0, 0.1) is 5.82 Å². The van der Waals surface area contributed by atoms with Crippen LogP contribution in [0.2, 0.25) is 5.02 Å². The van der Waals surface area contributed by atoms with Crippen molar-refractivity contribution in [3.05, 3.63) is 61.1 Å². The standard InChI is InChI=1S/C18H16ClF4N3O5S/c1-25-14(18(21,22)23)8-15(27)26(17(25)29)13-6-10(11(19)7-12(13)20)16(28)24-32(30,31)9-4-2-3-5-9/h6-9H,2-5H2,1H3,(H,24,28). The van der Waals surface area contributed by atoms with E-state index in [1.165, 1.54) is 0 Å². The highest BCUT2D eigenvalue weighted by Gasteiger charge is 2.35. The zero-order chi connectivity index (χ0) is 24.0. The van der Waals surface area contributed by atoms with Gasteiger partial charge in [0, 0.05) is 13.1 Å². The maximum absolute atomic E-state index is 14.5. The zero-order valence-electron chi connectivity index (χ0n) is 16.4. The number of nitrogens with zero attached hydrogens (tertiary/aromatic N) is 2. The van der Waals surface area contributed by atoms with E-state index in [1.807, 2.05) is 4.72 Å². The molecule has 2 aromatic rings. The van der Waals surface area contributed by atoms with E-state index >= 15 is 0 Å². The van der Waals surface area contributed by atoms with Crippen LogP contribution in [0.25, 0.3) is 5.69 Å². The van der Waals surface area contributed by atoms with Crippen molar-refractivity contribution in [1.82, 2.24) is 13.9 Å². The Labute approximate surface area is 183 Å². The Hall–Kier alpha value is -2.67. The second kappa shape index (κ2) is 8.35. The fraction of sp³-hybridized carbons (Fsp3) is 0.389. The summed E-state index contributed by atoms with van der Waals surface area (Å²) in [5.41, 5.74) is -6.04. The van der Waals surface area contributed by atoms with Gasteiger partial charge in [-0.25, -0.2) is 26.9 Å². The molecule has 174 valence electrons. The molecule has 1 heterocycles. The summed E-state index contributed by atoms with van der Waals surface area (Å²) in [6, 6.07) is 1.28. The quantitative estimate of drug-likeness (QED) is 0.653. The van der Waals surface area contributed by atoms with Crippen LogP contribution in [0.1, 0.15) is 41.7 Å². The third kappa shape index (κ3) is 4.44. The molecule has 32 heavy (non-hydrogen) atoms. The number of alkyl halides is 3. The lowest BCUT2D eigenvalue weighted by Crippen LogP contribution is -2.41. The van der Waals surface area contributed by atoms with Gasteiger partial charge in [0.05, 0.1) is 21.5 Å². The number of benzene rings is 1. The molecule has 0 aliphatic heterocycles. The highest BCUT2D eigenvalue weighted by molar-refractivity contribution is 7.90. The molecule has 1 saturated carbocycles. The monoisotopic (exact) mass is 497 g/mol. The average Bonchev–Trinajstić information content (AvgIpc) is 3.20. The molecule has 1 aliphatic rings. The lowest BCUT2D eigenvalue weighted by molar-refractivity contribution is -0.144. The minimum atomic E-state index is -5.02. The number of rotatable bonds is 4. The number of aromatic nitrogens is 2. The molecule has 14 heteroatoms. The van der Waals surface area contributed by atoms with Gasteiger partial charge in [-0.3, -0.25) is 14.2 Å². The molecule has 0 unspecified atom stereocenters. The number of hydrogen-bond donors (Lipinski definition) is 1. The fourth-order valence-electron chi connectivity index (χ4n) is 3.47. The number of halogens is 5. The molecule has 0 saturated heterocycles. The molecule has 1 aliphatic carbocycles. The van der Waals surface area contributed by atoms with Crippen LogP contribution in [0.5, 0.6) is 0 Å². The van der Waals surface area contributed by atoms with E-state index in [1.54, 1.807) is 0 Å². The van der Waals surface area contributed by atoms with Crippen molar-refractivity contribution >= 4 is 27.5 Å². The van der Waals surface area contributed by atoms with Gasteiger partial charge in [0.15, 0.2) is 0 Å². The largest absolute Gasteiger partial charge is 0.431 e. The highest BCUT2D eigenvalue weighted by atomic mass is 35.5. The van der Waals surface area contributed by atoms with E-state index in [0.717, 1.165) is 7.05 Å². The summed E-state index contributed by atoms with van der Waals surface area (Å²) in [4.78, 5) is 37.2. The molecule has 0 atom stereocenters. The Morgan fingerprint density at radius 2 is 1.75 bits per heavy atom. The van der Waals surface area contributed by atoms with E-state index in [2.05, 4.69) is 0 Å². The van der Waals surface area contributed by atoms with Gasteiger partial charge in [-0.1, -0.05) is 24.4 Å². The van der Waals surface area contributed by atoms with Crippen molar-refractivity contribution < 1.29 is 30.8 Å². The predicted molar refractivity (Wildman–Crippen MR) is 106 cm³/mol. The van der Waals surface area contributed by atoms with Gasteiger partial charge in [0.2, 0.25) is 10.0 Å². The molecular weight excluding hydrogens is 482 g/mol. The van der Waals surface area contributed by atoms with Crippen molar-refractivity contribution in [1.29, 1.82) is 0 Å². The van der Waals surface area contributed by atoms with Gasteiger partial charge in [-0.2, -0.15) is 13.2 Å². The number of carbonyl (C=O) groups excluding carboxylic acids is 1. The van der Waals surface area contributed by atoms with Crippen LogP contribution in [-0.4, -0.2) is 28.7 Å². The number of hydrogen-bond acceptors (Lipinski definition) is 5. The maximum atomic E-state index is 14.5. The molecule has 8 nitrogen and oxygen atoms in total. The number of sulfonamides is 1. The fourth-order valence-corrected chi connectivity index (χ4v) is 5.19. The van der Waals surface area contributed by atoms with Crippen LogP contribution in [0.3, 0.4) is 0 Å². The topological polar surface area (TPSA) is 107 Å². The van der Waals surface area contributed by atoms with Gasteiger partial charge in [-0.05, 0) is 25.0 Å². The second-order valence-corrected chi connectivity index (χ2v) is 9.58. The normalized spacial score (nSPS) is 15.2. The number of carbonyl (C=O) groups is 1. The molecule has 1 aromatic heterocycles. The first-order valence-electron chi connectivity index (χ1n) is 9.19. The van der Waals surface area contributed by atoms with Crippen LogP contribution >= 0.6 is 11.6 Å². The summed E-state index contributed by atoms with van der Waals surface area (Å²) >= 11 is 5.85. The molecule has 1 N–H and O–H groups in total. The first kappa shape index (κ1) is 24.0. The van der Waals surface area contributed by atoms with Gasteiger partial charge in [-0.15, -0.1) is 0 Å². The molecule has 1 aromatic carbocycles. The van der Waals surface area contributed by atoms with Gasteiger partial charge >= 0.3 is 11.9 Å². The van der Waals surface area contributed by atoms with Gasteiger partial charge in [0.25, 0.3) is 11.5 Å². The summed E-state index contributed by atoms with van der Waals surface area (Å²) < 4.78 is 80.3. The SMILES string of the molecule is Cn1c(C(F)(F)F)cc(=O)n(-c2cc(C(=O)NS(=O)(=O)C3CCCC3)c(Cl)cc2F)c1=O. The Kier molecular flexibility index (Phi) is 6.26. The van der Waals surface area contributed by atoms with Gasteiger partial charge in [0.1, 0.15) is 11.5 Å². The van der Waals surface area contributed by atoms with Crippen LogP contribution in [0.15, 0.2) is 27.8 Å². The van der Waals surface area contributed by atoms with E-state index in [9.17, 15) is 40.4 Å². The Balaban J connectivity index is 2.11. The van der Waals surface area contributed by atoms with E-state index in [-0.39, 0.29) is 15.2 Å². The Morgan fingerprint density at radius 1 is 1.16 bits per heavy atom. The van der Waals surface area contributed by atoms with Crippen molar-refractivity contribution in [2.24, 2.45) is 7.05 Å². The molecule has 0 radical (unpaired) electrons. The van der Waals surface area contributed by atoms with Crippen LogP contribution < -0.4 is 16.0 Å². The summed E-state index contributed by atoms with van der Waals surface area (Å²) in [7, 11) is -3.34. The van der Waals surface area contributed by atoms with E-state index in [0.29, 0.717) is 37.8 Å². The Bertz CT molecular complexity index is 1310. The molecule has 0 spiro atoms. The summed E-state index contributed by atoms with van der Waals surface area (Å²) in [6.07, 6.45) is -2.99. The number of amides is 1. The van der Waals surface area contributed by atoms with Crippen molar-refractivity contribution in [2.45, 2.75) is 37.1 Å². The third-order valence-electron chi connectivity index (χ3n) is 5.11. The Morgan fingerprint density at radius 3 is 2.31 bits per heavy atom. The van der Waals surface area contributed by atoms with Gasteiger partial charge < -0.3 is 0 Å². The first-order valence-corrected chi connectivity index (χ1v) is 11.1. The molecular formula is C18H16ClF4N3O5S. The second-order valence-electron chi connectivity index (χ2n) is 7.21. The van der Waals surface area contributed by atoms with Crippen molar-refractivity contribution in [3.63, 3.8) is 0 Å². The first-order chi connectivity index (χ1) is 14.7. The third-order valence-corrected chi connectivity index (χ3v) is 7.24. The van der Waals surface area contributed by atoms with Crippen LogP contribution in [-0.2, 0) is 23.2 Å². The molecule has 0 bridgehead atoms. The summed E-state index contributed by atoms with van der Waals surface area (Å²) in [6.45, 7) is 0. The minimum Gasteiger partial charge on any atom is -0.292 e. The summed E-state index contributed by atoms with van der Waals surface area (Å²) in [5, 5.41) is -1.32. The van der Waals surface area contributed by atoms with Crippen molar-refractivity contribution in [3.8, 4) is 5.69 Å². The average molecular weight is 498 g/mol. The van der Waals surface area contributed by atoms with Crippen LogP contribution in [0.4, 0.5) is 17.6 Å². The predicted octanol–water partition coefficient (Wildman–Crippen LogP) is 2.35. The highest BCUT2D eigenvalue weighted by Crippen LogP contribution is 2.28. The number of nitrogens with one attached hydrogen (secondary N) is 1. The van der Waals surface area contributed by atoms with E-state index in [4.69, 9.17) is 11.6 Å². The van der Waals surface area contributed by atoms with E-state index < -0.39 is 66.4 Å². The lowest BCUT2D eigenvalue weighted by Gasteiger charge is -2.16. The molecule has 3 rings (SSSR count). The zero-order valence-corrected chi connectivity index (χ0v) is 17.9. The smallest absolute Gasteiger partial charge is 0.292 e.